The number of carbonyl (C=O) groups is 1. The Labute approximate surface area is 201 Å². The fourth-order valence-electron chi connectivity index (χ4n) is 4.29. The first-order valence-corrected chi connectivity index (χ1v) is 11.6. The zero-order valence-electron chi connectivity index (χ0n) is 19.1. The number of morpholine rings is 1. The number of nitrogens with zero attached hydrogens (tertiary/aromatic N) is 5. The van der Waals surface area contributed by atoms with Gasteiger partial charge in [-0.15, -0.1) is 0 Å². The summed E-state index contributed by atoms with van der Waals surface area (Å²) in [7, 11) is 0. The molecule has 35 heavy (non-hydrogen) atoms. The molecule has 184 valence electrons. The molecule has 1 amide bonds. The molecule has 1 aromatic carbocycles. The number of rotatable bonds is 6. The summed E-state index contributed by atoms with van der Waals surface area (Å²) in [5.41, 5.74) is 3.86. The van der Waals surface area contributed by atoms with E-state index in [9.17, 15) is 13.6 Å². The van der Waals surface area contributed by atoms with Crippen LogP contribution in [0.15, 0.2) is 42.7 Å². The molecule has 2 fully saturated rings. The number of pyridine rings is 1. The van der Waals surface area contributed by atoms with Crippen molar-refractivity contribution in [3.8, 4) is 17.1 Å². The van der Waals surface area contributed by atoms with Crippen LogP contribution in [-0.4, -0.2) is 90.8 Å². The van der Waals surface area contributed by atoms with Crippen LogP contribution in [0.25, 0.3) is 22.3 Å². The van der Waals surface area contributed by atoms with E-state index in [4.69, 9.17) is 9.47 Å². The van der Waals surface area contributed by atoms with Gasteiger partial charge in [0.2, 0.25) is 5.88 Å². The standard InChI is InChI=1S/C24H26F2N6O3/c25-22(26)24(33)32-11-12-34-18(14-32)15-35-23-21-20(28-5-6-29-21)13-19(30-23)16-1-3-17(4-2-16)31-9-7-27-8-10-31/h1-6,13,18,22,27H,7-12,14-15H2. The highest BCUT2D eigenvalue weighted by Gasteiger charge is 2.29. The van der Waals surface area contributed by atoms with Crippen LogP contribution in [0.2, 0.25) is 0 Å². The highest BCUT2D eigenvalue weighted by molar-refractivity contribution is 5.83. The first-order chi connectivity index (χ1) is 17.1. The van der Waals surface area contributed by atoms with Crippen molar-refractivity contribution >= 4 is 22.6 Å². The van der Waals surface area contributed by atoms with Crippen molar-refractivity contribution in [2.24, 2.45) is 0 Å². The van der Waals surface area contributed by atoms with Crippen molar-refractivity contribution in [3.63, 3.8) is 0 Å². The molecule has 2 saturated heterocycles. The maximum absolute atomic E-state index is 12.8. The lowest BCUT2D eigenvalue weighted by Crippen LogP contribution is -2.49. The van der Waals surface area contributed by atoms with Gasteiger partial charge in [0.25, 0.3) is 5.91 Å². The Morgan fingerprint density at radius 1 is 1.14 bits per heavy atom. The Balaban J connectivity index is 1.35. The number of aromatic nitrogens is 3. The second kappa shape index (κ2) is 10.4. The molecule has 1 atom stereocenters. The second-order valence-corrected chi connectivity index (χ2v) is 8.41. The van der Waals surface area contributed by atoms with Crippen molar-refractivity contribution < 1.29 is 23.0 Å². The molecule has 3 aromatic rings. The zero-order chi connectivity index (χ0) is 24.2. The predicted molar refractivity (Wildman–Crippen MR) is 126 cm³/mol. The average molecular weight is 485 g/mol. The summed E-state index contributed by atoms with van der Waals surface area (Å²) in [5, 5.41) is 3.35. The molecule has 0 saturated carbocycles. The molecule has 1 N–H and O–H groups in total. The van der Waals surface area contributed by atoms with Crippen molar-refractivity contribution in [2.75, 3.05) is 57.4 Å². The van der Waals surface area contributed by atoms with Crippen LogP contribution >= 0.6 is 0 Å². The SMILES string of the molecule is O=C(C(F)F)N1CCOC(COc2nc(-c3ccc(N4CCNCC4)cc3)cc3nccnc23)C1. The summed E-state index contributed by atoms with van der Waals surface area (Å²) >= 11 is 0. The van der Waals surface area contributed by atoms with Crippen LogP contribution in [0.1, 0.15) is 0 Å². The van der Waals surface area contributed by atoms with Crippen molar-refractivity contribution in [1.29, 1.82) is 0 Å². The molecule has 0 bridgehead atoms. The van der Waals surface area contributed by atoms with Crippen LogP contribution in [-0.2, 0) is 9.53 Å². The number of carbonyl (C=O) groups excluding carboxylic acids is 1. The maximum atomic E-state index is 12.8. The maximum Gasteiger partial charge on any atom is 0.315 e. The van der Waals surface area contributed by atoms with Gasteiger partial charge in [-0.3, -0.25) is 9.78 Å². The fourth-order valence-corrected chi connectivity index (χ4v) is 4.29. The fraction of sp³-hybridized carbons (Fsp3) is 0.417. The topological polar surface area (TPSA) is 92.7 Å². The minimum absolute atomic E-state index is 0.0277. The van der Waals surface area contributed by atoms with Crippen LogP contribution < -0.4 is 15.0 Å². The highest BCUT2D eigenvalue weighted by atomic mass is 19.3. The van der Waals surface area contributed by atoms with E-state index in [2.05, 4.69) is 37.3 Å². The van der Waals surface area contributed by atoms with E-state index in [0.29, 0.717) is 16.7 Å². The van der Waals surface area contributed by atoms with Crippen LogP contribution in [0.3, 0.4) is 0 Å². The van der Waals surface area contributed by atoms with Gasteiger partial charge in [0, 0.05) is 56.4 Å². The summed E-state index contributed by atoms with van der Waals surface area (Å²) in [4.78, 5) is 28.5. The lowest BCUT2D eigenvalue weighted by molar-refractivity contribution is -0.151. The number of halogens is 2. The Kier molecular flexibility index (Phi) is 6.96. The third-order valence-corrected chi connectivity index (χ3v) is 6.11. The molecule has 4 heterocycles. The van der Waals surface area contributed by atoms with E-state index in [0.717, 1.165) is 42.3 Å². The van der Waals surface area contributed by atoms with Crippen molar-refractivity contribution in [3.05, 3.63) is 42.7 Å². The van der Waals surface area contributed by atoms with Gasteiger partial charge in [-0.1, -0.05) is 12.1 Å². The molecule has 2 aliphatic rings. The van der Waals surface area contributed by atoms with E-state index in [-0.39, 0.29) is 32.2 Å². The zero-order valence-corrected chi connectivity index (χ0v) is 19.1. The van der Waals surface area contributed by atoms with Crippen molar-refractivity contribution in [1.82, 2.24) is 25.2 Å². The van der Waals surface area contributed by atoms with E-state index >= 15 is 0 Å². The molecular formula is C24H26F2N6O3. The van der Waals surface area contributed by atoms with Gasteiger partial charge in [-0.25, -0.2) is 9.97 Å². The first kappa shape index (κ1) is 23.3. The van der Waals surface area contributed by atoms with E-state index in [1.54, 1.807) is 12.4 Å². The number of piperazine rings is 1. The number of fused-ring (bicyclic) bond motifs is 1. The molecule has 1 unspecified atom stereocenters. The molecule has 0 spiro atoms. The summed E-state index contributed by atoms with van der Waals surface area (Å²) in [6.07, 6.45) is -0.437. The molecule has 0 aliphatic carbocycles. The molecule has 2 aromatic heterocycles. The van der Waals surface area contributed by atoms with E-state index in [1.807, 2.05) is 18.2 Å². The van der Waals surface area contributed by atoms with Crippen LogP contribution in [0, 0.1) is 0 Å². The molecule has 2 aliphatic heterocycles. The number of hydrogen-bond donors (Lipinski definition) is 1. The number of benzene rings is 1. The van der Waals surface area contributed by atoms with Gasteiger partial charge in [0.1, 0.15) is 12.7 Å². The highest BCUT2D eigenvalue weighted by Crippen LogP contribution is 2.28. The molecular weight excluding hydrogens is 458 g/mol. The first-order valence-electron chi connectivity index (χ1n) is 11.6. The Bertz CT molecular complexity index is 1170. The predicted octanol–water partition coefficient (Wildman–Crippen LogP) is 1.97. The second-order valence-electron chi connectivity index (χ2n) is 8.41. The number of ether oxygens (including phenoxy) is 2. The van der Waals surface area contributed by atoms with Gasteiger partial charge < -0.3 is 24.6 Å². The lowest BCUT2D eigenvalue weighted by atomic mass is 10.1. The molecule has 0 radical (unpaired) electrons. The minimum Gasteiger partial charge on any atom is -0.473 e. The van der Waals surface area contributed by atoms with Crippen molar-refractivity contribution in [2.45, 2.75) is 12.5 Å². The normalized spacial score (nSPS) is 18.8. The van der Waals surface area contributed by atoms with Crippen LogP contribution in [0.4, 0.5) is 14.5 Å². The number of nitrogens with one attached hydrogen (secondary N) is 1. The van der Waals surface area contributed by atoms with Gasteiger partial charge in [0.15, 0.2) is 5.52 Å². The molecule has 9 nitrogen and oxygen atoms in total. The summed E-state index contributed by atoms with van der Waals surface area (Å²) in [6.45, 7) is 4.22. The van der Waals surface area contributed by atoms with Gasteiger partial charge in [-0.2, -0.15) is 8.78 Å². The number of hydrogen-bond acceptors (Lipinski definition) is 8. The average Bonchev–Trinajstić information content (AvgIpc) is 2.92. The Morgan fingerprint density at radius 2 is 1.91 bits per heavy atom. The van der Waals surface area contributed by atoms with E-state index < -0.39 is 18.4 Å². The third-order valence-electron chi connectivity index (χ3n) is 6.11. The number of amides is 1. The number of alkyl halides is 2. The van der Waals surface area contributed by atoms with Gasteiger partial charge in [0.05, 0.1) is 24.4 Å². The minimum atomic E-state index is -3.04. The lowest BCUT2D eigenvalue weighted by Gasteiger charge is -2.32. The smallest absolute Gasteiger partial charge is 0.315 e. The van der Waals surface area contributed by atoms with Crippen LogP contribution in [0.5, 0.6) is 5.88 Å². The van der Waals surface area contributed by atoms with Gasteiger partial charge >= 0.3 is 6.43 Å². The van der Waals surface area contributed by atoms with Gasteiger partial charge in [-0.05, 0) is 18.2 Å². The van der Waals surface area contributed by atoms with E-state index in [1.165, 1.54) is 0 Å². The Hall–Kier alpha value is -3.44. The quantitative estimate of drug-likeness (QED) is 0.568. The summed E-state index contributed by atoms with van der Waals surface area (Å²) in [5.74, 6) is -0.920. The largest absolute Gasteiger partial charge is 0.473 e. The summed E-state index contributed by atoms with van der Waals surface area (Å²) in [6, 6.07) is 10.0. The Morgan fingerprint density at radius 3 is 2.69 bits per heavy atom. The molecule has 5 rings (SSSR count). The third kappa shape index (κ3) is 5.30. The molecule has 11 heteroatoms. The number of anilines is 1. The summed E-state index contributed by atoms with van der Waals surface area (Å²) < 4.78 is 37.2. The monoisotopic (exact) mass is 484 g/mol.